The van der Waals surface area contributed by atoms with Crippen LogP contribution in [0.1, 0.15) is 12.0 Å². The van der Waals surface area contributed by atoms with Crippen molar-refractivity contribution in [1.29, 1.82) is 0 Å². The van der Waals surface area contributed by atoms with E-state index in [1.165, 1.54) is 4.31 Å². The van der Waals surface area contributed by atoms with Crippen LogP contribution in [0.4, 0.5) is 5.69 Å². The minimum absolute atomic E-state index is 0.00155. The molecule has 2 aliphatic heterocycles. The van der Waals surface area contributed by atoms with Gasteiger partial charge in [-0.15, -0.1) is 0 Å². The fourth-order valence-corrected chi connectivity index (χ4v) is 5.20. The molecule has 166 valence electrons. The van der Waals surface area contributed by atoms with E-state index in [9.17, 15) is 13.2 Å². The highest BCUT2D eigenvalue weighted by molar-refractivity contribution is 7.88. The van der Waals surface area contributed by atoms with Crippen LogP contribution < -0.4 is 14.8 Å². The molecule has 4 rings (SSSR count). The molecule has 2 aromatic rings. The van der Waals surface area contributed by atoms with Gasteiger partial charge in [-0.3, -0.25) is 9.69 Å². The van der Waals surface area contributed by atoms with E-state index in [1.807, 2.05) is 35.2 Å². The van der Waals surface area contributed by atoms with Gasteiger partial charge >= 0.3 is 0 Å². The summed E-state index contributed by atoms with van der Waals surface area (Å²) in [7, 11) is -3.37. The van der Waals surface area contributed by atoms with E-state index >= 15 is 0 Å². The van der Waals surface area contributed by atoms with Gasteiger partial charge in [0.1, 0.15) is 0 Å². The Morgan fingerprint density at radius 3 is 2.39 bits per heavy atom. The Balaban J connectivity index is 1.27. The summed E-state index contributed by atoms with van der Waals surface area (Å²) in [5.41, 5.74) is 1.43. The van der Waals surface area contributed by atoms with Crippen molar-refractivity contribution in [2.45, 2.75) is 12.2 Å². The van der Waals surface area contributed by atoms with Gasteiger partial charge in [0.05, 0.1) is 25.5 Å². The number of amides is 1. The molecule has 0 spiro atoms. The Bertz CT molecular complexity index is 1010. The van der Waals surface area contributed by atoms with Crippen molar-refractivity contribution in [2.24, 2.45) is 0 Å². The molecule has 2 aliphatic rings. The molecule has 2 heterocycles. The largest absolute Gasteiger partial charge is 0.490 e. The predicted octanol–water partition coefficient (Wildman–Crippen LogP) is 1.93. The number of fused-ring (bicyclic) bond motifs is 1. The third-order valence-electron chi connectivity index (χ3n) is 5.32. The van der Waals surface area contributed by atoms with Gasteiger partial charge in [-0.1, -0.05) is 30.3 Å². The van der Waals surface area contributed by atoms with Crippen LogP contribution in [-0.4, -0.2) is 69.5 Å². The molecular formula is C22H27N3O5S. The highest BCUT2D eigenvalue weighted by Gasteiger charge is 2.27. The average molecular weight is 446 g/mol. The summed E-state index contributed by atoms with van der Waals surface area (Å²) in [5.74, 6) is 1.17. The Kier molecular flexibility index (Phi) is 6.74. The maximum atomic E-state index is 12.7. The first-order valence-corrected chi connectivity index (χ1v) is 12.0. The number of anilines is 1. The summed E-state index contributed by atoms with van der Waals surface area (Å²) in [4.78, 5) is 14.4. The number of rotatable bonds is 6. The molecule has 0 unspecified atom stereocenters. The summed E-state index contributed by atoms with van der Waals surface area (Å²) in [5, 5.41) is 2.89. The summed E-state index contributed by atoms with van der Waals surface area (Å²) in [6.07, 6.45) is 0.823. The summed E-state index contributed by atoms with van der Waals surface area (Å²) >= 11 is 0. The van der Waals surface area contributed by atoms with Crippen molar-refractivity contribution in [3.63, 3.8) is 0 Å². The fourth-order valence-electron chi connectivity index (χ4n) is 3.69. The summed E-state index contributed by atoms with van der Waals surface area (Å²) < 4.78 is 38.1. The van der Waals surface area contributed by atoms with Crippen LogP contribution >= 0.6 is 0 Å². The van der Waals surface area contributed by atoms with Crippen LogP contribution in [0.3, 0.4) is 0 Å². The third-order valence-corrected chi connectivity index (χ3v) is 7.17. The minimum Gasteiger partial charge on any atom is -0.490 e. The molecule has 0 aliphatic carbocycles. The molecule has 1 N–H and O–H groups in total. The Hall–Kier alpha value is -2.62. The van der Waals surface area contributed by atoms with Crippen LogP contribution in [-0.2, 0) is 20.6 Å². The van der Waals surface area contributed by atoms with Gasteiger partial charge in [0, 0.05) is 44.4 Å². The molecule has 0 atom stereocenters. The maximum absolute atomic E-state index is 12.7. The molecule has 1 saturated heterocycles. The van der Waals surface area contributed by atoms with Crippen LogP contribution in [0.5, 0.6) is 11.5 Å². The highest BCUT2D eigenvalue weighted by atomic mass is 32.2. The van der Waals surface area contributed by atoms with E-state index < -0.39 is 10.0 Å². The quantitative estimate of drug-likeness (QED) is 0.731. The molecule has 1 fully saturated rings. The average Bonchev–Trinajstić information content (AvgIpc) is 2.99. The number of carbonyl (C=O) groups is 1. The van der Waals surface area contributed by atoms with Crippen molar-refractivity contribution in [3.8, 4) is 11.5 Å². The van der Waals surface area contributed by atoms with Gasteiger partial charge in [-0.05, 0) is 17.7 Å². The summed E-state index contributed by atoms with van der Waals surface area (Å²) in [6, 6.07) is 14.5. The molecule has 0 radical (unpaired) electrons. The third kappa shape index (κ3) is 5.75. The lowest BCUT2D eigenvalue weighted by molar-refractivity contribution is -0.117. The van der Waals surface area contributed by atoms with E-state index in [0.29, 0.717) is 56.6 Å². The number of benzene rings is 2. The zero-order valence-corrected chi connectivity index (χ0v) is 18.1. The van der Waals surface area contributed by atoms with E-state index in [2.05, 4.69) is 5.32 Å². The monoisotopic (exact) mass is 445 g/mol. The topological polar surface area (TPSA) is 88.2 Å². The number of hydrogen-bond acceptors (Lipinski definition) is 6. The minimum atomic E-state index is -3.37. The van der Waals surface area contributed by atoms with Crippen molar-refractivity contribution < 1.29 is 22.7 Å². The van der Waals surface area contributed by atoms with E-state index in [4.69, 9.17) is 9.47 Å². The lowest BCUT2D eigenvalue weighted by Crippen LogP contribution is -2.50. The first kappa shape index (κ1) is 21.6. The number of nitrogens with one attached hydrogen (secondary N) is 1. The van der Waals surface area contributed by atoms with Gasteiger partial charge in [-0.25, -0.2) is 8.42 Å². The smallest absolute Gasteiger partial charge is 0.238 e. The fraction of sp³-hybridized carbons (Fsp3) is 0.409. The Labute approximate surface area is 182 Å². The second-order valence-corrected chi connectivity index (χ2v) is 9.65. The molecular weight excluding hydrogens is 418 g/mol. The number of sulfonamides is 1. The van der Waals surface area contributed by atoms with Crippen molar-refractivity contribution in [2.75, 3.05) is 51.3 Å². The van der Waals surface area contributed by atoms with Crippen LogP contribution in [0.2, 0.25) is 0 Å². The highest BCUT2D eigenvalue weighted by Crippen LogP contribution is 2.32. The predicted molar refractivity (Wildman–Crippen MR) is 118 cm³/mol. The number of piperazine rings is 1. The van der Waals surface area contributed by atoms with Gasteiger partial charge < -0.3 is 14.8 Å². The molecule has 2 aromatic carbocycles. The van der Waals surface area contributed by atoms with Gasteiger partial charge in [0.2, 0.25) is 15.9 Å². The zero-order chi connectivity index (χ0) is 21.7. The van der Waals surface area contributed by atoms with E-state index in [0.717, 1.165) is 12.0 Å². The SMILES string of the molecule is O=C(CN1CCN(S(=O)(=O)Cc2ccccc2)CC1)Nc1ccc2c(c1)OCCCO2. The number of hydrogen-bond donors (Lipinski definition) is 1. The molecule has 9 heteroatoms. The zero-order valence-electron chi connectivity index (χ0n) is 17.3. The van der Waals surface area contributed by atoms with Crippen molar-refractivity contribution >= 4 is 21.6 Å². The van der Waals surface area contributed by atoms with Crippen LogP contribution in [0.15, 0.2) is 48.5 Å². The normalized spacial score (nSPS) is 17.7. The molecule has 0 bridgehead atoms. The van der Waals surface area contributed by atoms with Gasteiger partial charge in [-0.2, -0.15) is 4.31 Å². The van der Waals surface area contributed by atoms with Crippen molar-refractivity contribution in [3.05, 3.63) is 54.1 Å². The summed E-state index contributed by atoms with van der Waals surface area (Å²) in [6.45, 7) is 3.21. The molecule has 0 saturated carbocycles. The first-order chi connectivity index (χ1) is 15.0. The molecule has 1 amide bonds. The molecule has 31 heavy (non-hydrogen) atoms. The van der Waals surface area contributed by atoms with Crippen LogP contribution in [0.25, 0.3) is 0 Å². The second-order valence-electron chi connectivity index (χ2n) is 7.68. The Morgan fingerprint density at radius 2 is 1.65 bits per heavy atom. The lowest BCUT2D eigenvalue weighted by Gasteiger charge is -2.33. The molecule has 0 aromatic heterocycles. The number of carbonyl (C=O) groups excluding carboxylic acids is 1. The van der Waals surface area contributed by atoms with E-state index in [1.54, 1.807) is 18.2 Å². The van der Waals surface area contributed by atoms with E-state index in [-0.39, 0.29) is 18.2 Å². The maximum Gasteiger partial charge on any atom is 0.238 e. The molecule has 8 nitrogen and oxygen atoms in total. The standard InChI is InChI=1S/C22H27N3O5S/c26-22(23-19-7-8-20-21(15-19)30-14-4-13-29-20)16-24-9-11-25(12-10-24)31(27,28)17-18-5-2-1-3-6-18/h1-3,5-8,15H,4,9-14,16-17H2,(H,23,26). The Morgan fingerprint density at radius 1 is 0.935 bits per heavy atom. The number of nitrogens with zero attached hydrogens (tertiary/aromatic N) is 2. The first-order valence-electron chi connectivity index (χ1n) is 10.4. The van der Waals surface area contributed by atoms with Crippen LogP contribution in [0, 0.1) is 0 Å². The van der Waals surface area contributed by atoms with Gasteiger partial charge in [0.15, 0.2) is 11.5 Å². The van der Waals surface area contributed by atoms with Gasteiger partial charge in [0.25, 0.3) is 0 Å². The number of ether oxygens (including phenoxy) is 2. The second kappa shape index (κ2) is 9.67. The lowest BCUT2D eigenvalue weighted by atomic mass is 10.2. The van der Waals surface area contributed by atoms with Crippen molar-refractivity contribution in [1.82, 2.24) is 9.21 Å².